The van der Waals surface area contributed by atoms with E-state index in [0.717, 1.165) is 17.3 Å². The van der Waals surface area contributed by atoms with E-state index in [-0.39, 0.29) is 41.3 Å². The molecule has 2 heterocycles. The Labute approximate surface area is 222 Å². The Bertz CT molecular complexity index is 1280. The van der Waals surface area contributed by atoms with Gasteiger partial charge in [0.25, 0.3) is 5.91 Å². The molecule has 0 fully saturated rings. The molecule has 1 aliphatic heterocycles. The number of amides is 1. The summed E-state index contributed by atoms with van der Waals surface area (Å²) in [5, 5.41) is 4.42. The highest BCUT2D eigenvalue weighted by Gasteiger charge is 2.41. The van der Waals surface area contributed by atoms with Crippen LogP contribution in [0.3, 0.4) is 0 Å². The number of rotatable bonds is 9. The van der Waals surface area contributed by atoms with E-state index < -0.39 is 24.2 Å². The second-order valence-corrected chi connectivity index (χ2v) is 10.0. The fourth-order valence-electron chi connectivity index (χ4n) is 4.70. The lowest BCUT2D eigenvalue weighted by Gasteiger charge is -2.41. The Kier molecular flexibility index (Phi) is 8.26. The van der Waals surface area contributed by atoms with E-state index in [1.807, 2.05) is 74.5 Å². The molecule has 3 aromatic rings. The van der Waals surface area contributed by atoms with Crippen LogP contribution in [0.2, 0.25) is 0 Å². The van der Waals surface area contributed by atoms with Gasteiger partial charge in [-0.1, -0.05) is 74.5 Å². The Morgan fingerprint density at radius 2 is 1.58 bits per heavy atom. The lowest BCUT2D eigenvalue weighted by atomic mass is 9.83. The molecule has 2 unspecified atom stereocenters. The highest BCUT2D eigenvalue weighted by molar-refractivity contribution is 5.96. The van der Waals surface area contributed by atoms with Crippen molar-refractivity contribution in [1.82, 2.24) is 14.7 Å². The van der Waals surface area contributed by atoms with E-state index >= 15 is 0 Å². The third-order valence-corrected chi connectivity index (χ3v) is 6.85. The number of fused-ring (bicyclic) bond motifs is 1. The van der Waals surface area contributed by atoms with Crippen molar-refractivity contribution in [3.05, 3.63) is 93.9 Å². The van der Waals surface area contributed by atoms with Crippen LogP contribution < -0.4 is 15.9 Å². The van der Waals surface area contributed by atoms with E-state index in [1.54, 1.807) is 23.4 Å². The van der Waals surface area contributed by atoms with Crippen LogP contribution in [0.1, 0.15) is 61.3 Å². The zero-order valence-corrected chi connectivity index (χ0v) is 22.1. The van der Waals surface area contributed by atoms with Gasteiger partial charge < -0.3 is 20.1 Å². The summed E-state index contributed by atoms with van der Waals surface area (Å²) in [7, 11) is 0. The molecule has 9 heteroatoms. The Balaban J connectivity index is 1.79. The van der Waals surface area contributed by atoms with Crippen molar-refractivity contribution < 1.29 is 19.1 Å². The molecular formula is C29H34N4O5. The van der Waals surface area contributed by atoms with Crippen LogP contribution in [0.5, 0.6) is 5.75 Å². The number of ether oxygens (including phenoxy) is 2. The fourth-order valence-corrected chi connectivity index (χ4v) is 4.70. The fraction of sp³-hybridized carbons (Fsp3) is 0.379. The molecule has 0 spiro atoms. The van der Waals surface area contributed by atoms with Gasteiger partial charge >= 0.3 is 5.97 Å². The molecule has 0 saturated carbocycles. The largest absolute Gasteiger partial charge is 0.451 e. The minimum absolute atomic E-state index is 0.0310. The van der Waals surface area contributed by atoms with E-state index in [4.69, 9.17) is 15.2 Å². The van der Waals surface area contributed by atoms with Crippen molar-refractivity contribution in [2.24, 2.45) is 11.7 Å². The van der Waals surface area contributed by atoms with Crippen LogP contribution in [0.4, 0.5) is 0 Å². The molecule has 1 aromatic heterocycles. The monoisotopic (exact) mass is 518 g/mol. The van der Waals surface area contributed by atoms with Gasteiger partial charge in [-0.05, 0) is 30.9 Å². The standard InChI is InChI=1S/C29H34N4O5/c1-18(2)25(30)29(36)38-17-37-27-23(34)15-31-33-22(16-32(19(3)4)28(35)26(27)33)24(20-11-7-5-8-12-20)21-13-9-6-10-14-21/h5-15,18-19,22,24-25H,16-17,30H2,1-4H3. The van der Waals surface area contributed by atoms with Crippen LogP contribution >= 0.6 is 0 Å². The number of carbonyl (C=O) groups is 2. The summed E-state index contributed by atoms with van der Waals surface area (Å²) >= 11 is 0. The van der Waals surface area contributed by atoms with Crippen molar-refractivity contribution >= 4 is 11.9 Å². The van der Waals surface area contributed by atoms with E-state index in [9.17, 15) is 14.4 Å². The summed E-state index contributed by atoms with van der Waals surface area (Å²) in [4.78, 5) is 40.5. The number of carbonyl (C=O) groups excluding carboxylic acids is 2. The molecule has 200 valence electrons. The summed E-state index contributed by atoms with van der Waals surface area (Å²) in [6.45, 7) is 7.28. The highest BCUT2D eigenvalue weighted by Crippen LogP contribution is 2.39. The van der Waals surface area contributed by atoms with Crippen molar-refractivity contribution in [3.8, 4) is 5.75 Å². The molecule has 38 heavy (non-hydrogen) atoms. The zero-order valence-electron chi connectivity index (χ0n) is 22.1. The first-order chi connectivity index (χ1) is 18.2. The molecule has 4 rings (SSSR count). The van der Waals surface area contributed by atoms with Crippen LogP contribution in [0, 0.1) is 5.92 Å². The van der Waals surface area contributed by atoms with Crippen LogP contribution in [-0.2, 0) is 9.53 Å². The maximum absolute atomic E-state index is 13.7. The lowest BCUT2D eigenvalue weighted by Crippen LogP contribution is -2.50. The molecule has 9 nitrogen and oxygen atoms in total. The van der Waals surface area contributed by atoms with Gasteiger partial charge in [-0.25, -0.2) is 0 Å². The Morgan fingerprint density at radius 3 is 2.11 bits per heavy atom. The third-order valence-electron chi connectivity index (χ3n) is 6.85. The first-order valence-corrected chi connectivity index (χ1v) is 12.8. The van der Waals surface area contributed by atoms with Gasteiger partial charge in [0.05, 0.1) is 12.2 Å². The summed E-state index contributed by atoms with van der Waals surface area (Å²) < 4.78 is 12.4. The van der Waals surface area contributed by atoms with Crippen LogP contribution in [-0.4, -0.2) is 52.0 Å². The van der Waals surface area contributed by atoms with Crippen molar-refractivity contribution in [2.75, 3.05) is 13.3 Å². The van der Waals surface area contributed by atoms with Crippen LogP contribution in [0.15, 0.2) is 71.7 Å². The number of aromatic nitrogens is 2. The molecule has 1 aliphatic rings. The van der Waals surface area contributed by atoms with Gasteiger partial charge in [0, 0.05) is 18.5 Å². The SMILES string of the molecule is CC(C)C(N)C(=O)OCOc1c2n(ncc1=O)C(C(c1ccccc1)c1ccccc1)CN(C(C)C)C2=O. The van der Waals surface area contributed by atoms with Crippen molar-refractivity contribution in [3.63, 3.8) is 0 Å². The summed E-state index contributed by atoms with van der Waals surface area (Å²) in [6, 6.07) is 18.7. The van der Waals surface area contributed by atoms with Crippen LogP contribution in [0.25, 0.3) is 0 Å². The normalized spacial score (nSPS) is 16.1. The minimum Gasteiger partial charge on any atom is -0.451 e. The number of hydrogen-bond donors (Lipinski definition) is 1. The predicted octanol–water partition coefficient (Wildman–Crippen LogP) is 3.34. The average Bonchev–Trinajstić information content (AvgIpc) is 2.91. The van der Waals surface area contributed by atoms with Gasteiger partial charge in [-0.2, -0.15) is 5.10 Å². The number of benzene rings is 2. The van der Waals surface area contributed by atoms with Crippen molar-refractivity contribution in [2.45, 2.75) is 51.7 Å². The number of hydrogen-bond acceptors (Lipinski definition) is 7. The minimum atomic E-state index is -0.828. The first-order valence-electron chi connectivity index (χ1n) is 12.8. The molecule has 0 saturated heterocycles. The first kappa shape index (κ1) is 27.1. The smallest absolute Gasteiger partial charge is 0.326 e. The molecule has 0 bridgehead atoms. The Morgan fingerprint density at radius 1 is 1.00 bits per heavy atom. The lowest BCUT2D eigenvalue weighted by molar-refractivity contribution is -0.152. The summed E-state index contributed by atoms with van der Waals surface area (Å²) in [5.41, 5.74) is 7.40. The van der Waals surface area contributed by atoms with Gasteiger partial charge in [0.2, 0.25) is 18.0 Å². The molecule has 0 aliphatic carbocycles. The molecule has 1 amide bonds. The molecule has 2 atom stereocenters. The maximum atomic E-state index is 13.7. The molecule has 0 radical (unpaired) electrons. The molecular weight excluding hydrogens is 484 g/mol. The van der Waals surface area contributed by atoms with E-state index in [2.05, 4.69) is 5.10 Å². The number of nitrogens with two attached hydrogens (primary N) is 1. The summed E-state index contributed by atoms with van der Waals surface area (Å²) in [6.07, 6.45) is 1.14. The molecule has 2 aromatic carbocycles. The maximum Gasteiger partial charge on any atom is 0.326 e. The predicted molar refractivity (Wildman–Crippen MR) is 143 cm³/mol. The van der Waals surface area contributed by atoms with Gasteiger partial charge in [0.1, 0.15) is 6.04 Å². The average molecular weight is 519 g/mol. The third kappa shape index (κ3) is 5.47. The quantitative estimate of drug-likeness (QED) is 0.341. The topological polar surface area (TPSA) is 117 Å². The van der Waals surface area contributed by atoms with Gasteiger partial charge in [0.15, 0.2) is 5.69 Å². The van der Waals surface area contributed by atoms with E-state index in [1.165, 1.54) is 0 Å². The number of nitrogens with zero attached hydrogens (tertiary/aromatic N) is 3. The Hall–Kier alpha value is -3.98. The van der Waals surface area contributed by atoms with Gasteiger partial charge in [-0.15, -0.1) is 0 Å². The van der Waals surface area contributed by atoms with Crippen molar-refractivity contribution in [1.29, 1.82) is 0 Å². The van der Waals surface area contributed by atoms with E-state index in [0.29, 0.717) is 6.54 Å². The van der Waals surface area contributed by atoms with Gasteiger partial charge in [-0.3, -0.25) is 19.1 Å². The summed E-state index contributed by atoms with van der Waals surface area (Å²) in [5.74, 6) is -1.52. The highest BCUT2D eigenvalue weighted by atomic mass is 16.7. The second kappa shape index (κ2) is 11.6. The molecule has 2 N–H and O–H groups in total. The number of esters is 1. The zero-order chi connectivity index (χ0) is 27.4. The second-order valence-electron chi connectivity index (χ2n) is 10.0.